The maximum absolute atomic E-state index is 13.5. The highest BCUT2D eigenvalue weighted by molar-refractivity contribution is 7.92. The number of carbonyl (C=O) groups is 1. The topological polar surface area (TPSA) is 90.9 Å². The number of fused-ring (bicyclic) bond motifs is 3. The number of hydrogen-bond donors (Lipinski definition) is 2. The maximum atomic E-state index is 13.5. The van der Waals surface area contributed by atoms with Gasteiger partial charge in [-0.2, -0.15) is 5.10 Å². The van der Waals surface area contributed by atoms with Crippen LogP contribution in [-0.4, -0.2) is 32.8 Å². The molecule has 0 bridgehead atoms. The molecule has 3 atom stereocenters. The molecule has 10 heteroatoms. The van der Waals surface area contributed by atoms with E-state index in [2.05, 4.69) is 34.1 Å². The van der Waals surface area contributed by atoms with E-state index in [-0.39, 0.29) is 17.8 Å². The van der Waals surface area contributed by atoms with Crippen LogP contribution in [0.2, 0.25) is 5.02 Å². The summed E-state index contributed by atoms with van der Waals surface area (Å²) in [5.41, 5.74) is 7.43. The average Bonchev–Trinajstić information content (AvgIpc) is 3.41. The van der Waals surface area contributed by atoms with Crippen molar-refractivity contribution in [3.63, 3.8) is 0 Å². The van der Waals surface area contributed by atoms with Gasteiger partial charge in [-0.1, -0.05) is 42.0 Å². The number of carbonyl (C=O) groups excluding carboxylic acids is 1. The largest absolute Gasteiger partial charge is 0.378 e. The molecule has 39 heavy (non-hydrogen) atoms. The van der Waals surface area contributed by atoms with Crippen LogP contribution in [0.1, 0.15) is 42.0 Å². The number of anilines is 2. The van der Waals surface area contributed by atoms with E-state index in [1.807, 2.05) is 24.3 Å². The van der Waals surface area contributed by atoms with Crippen LogP contribution in [0.25, 0.3) is 0 Å². The van der Waals surface area contributed by atoms with Gasteiger partial charge in [0.25, 0.3) is 5.91 Å². The minimum atomic E-state index is -3.71. The van der Waals surface area contributed by atoms with Crippen LogP contribution in [0.5, 0.6) is 0 Å². The van der Waals surface area contributed by atoms with Gasteiger partial charge in [0.2, 0.25) is 10.0 Å². The molecular weight excluding hydrogens is 539 g/mol. The van der Waals surface area contributed by atoms with Crippen LogP contribution in [0, 0.1) is 11.7 Å². The molecule has 0 aromatic heterocycles. The fourth-order valence-corrected chi connectivity index (χ4v) is 6.19. The number of amides is 1. The lowest BCUT2D eigenvalue weighted by Gasteiger charge is -2.37. The number of sulfonamides is 1. The molecule has 2 aliphatic rings. The lowest BCUT2D eigenvalue weighted by atomic mass is 9.76. The second-order valence-corrected chi connectivity index (χ2v) is 12.2. The smallest absolute Gasteiger partial charge is 0.260 e. The zero-order valence-corrected chi connectivity index (χ0v) is 23.0. The van der Waals surface area contributed by atoms with Gasteiger partial charge in [0.15, 0.2) is 0 Å². The van der Waals surface area contributed by atoms with Crippen molar-refractivity contribution < 1.29 is 17.6 Å². The van der Waals surface area contributed by atoms with Crippen molar-refractivity contribution in [2.75, 3.05) is 22.4 Å². The Kier molecular flexibility index (Phi) is 7.46. The van der Waals surface area contributed by atoms with Gasteiger partial charge in [-0.25, -0.2) is 18.2 Å². The molecule has 3 aromatic rings. The molecule has 1 heterocycles. The summed E-state index contributed by atoms with van der Waals surface area (Å²) in [7, 11) is -3.71. The van der Waals surface area contributed by atoms with E-state index < -0.39 is 22.5 Å². The van der Waals surface area contributed by atoms with Gasteiger partial charge in [-0.3, -0.25) is 9.10 Å². The summed E-state index contributed by atoms with van der Waals surface area (Å²) in [6.45, 7) is 1.36. The number of benzene rings is 3. The lowest BCUT2D eigenvalue weighted by molar-refractivity contribution is -0.119. The van der Waals surface area contributed by atoms with Crippen LogP contribution >= 0.6 is 11.6 Å². The molecule has 1 amide bonds. The van der Waals surface area contributed by atoms with E-state index in [4.69, 9.17) is 11.6 Å². The van der Waals surface area contributed by atoms with E-state index in [0.29, 0.717) is 22.3 Å². The van der Waals surface area contributed by atoms with Crippen molar-refractivity contribution in [1.82, 2.24) is 5.43 Å². The predicted molar refractivity (Wildman–Crippen MR) is 153 cm³/mol. The lowest BCUT2D eigenvalue weighted by Crippen LogP contribution is -2.39. The van der Waals surface area contributed by atoms with Crippen LogP contribution in [0.15, 0.2) is 84.0 Å². The third-order valence-electron chi connectivity index (χ3n) is 7.16. The molecule has 5 rings (SSSR count). The Hall–Kier alpha value is -3.69. The molecule has 0 fully saturated rings. The molecule has 0 saturated heterocycles. The minimum absolute atomic E-state index is 0.0661. The fraction of sp³-hybridized carbons (Fsp3) is 0.241. The summed E-state index contributed by atoms with van der Waals surface area (Å²) in [6.07, 6.45) is 6.35. The maximum Gasteiger partial charge on any atom is 0.260 e. The van der Waals surface area contributed by atoms with Gasteiger partial charge in [0.1, 0.15) is 12.4 Å². The van der Waals surface area contributed by atoms with Gasteiger partial charge in [0, 0.05) is 16.6 Å². The van der Waals surface area contributed by atoms with E-state index in [0.717, 1.165) is 39.4 Å². The molecule has 0 spiro atoms. The number of allylic oxidation sites excluding steroid dienone is 2. The van der Waals surface area contributed by atoms with Gasteiger partial charge in [-0.05, 0) is 84.5 Å². The van der Waals surface area contributed by atoms with E-state index in [1.54, 1.807) is 19.1 Å². The third kappa shape index (κ3) is 5.84. The second kappa shape index (κ2) is 10.8. The summed E-state index contributed by atoms with van der Waals surface area (Å²) >= 11 is 5.91. The third-order valence-corrected chi connectivity index (χ3v) is 8.55. The Morgan fingerprint density at radius 3 is 2.54 bits per heavy atom. The number of nitrogens with zero attached hydrogens (tertiary/aromatic N) is 2. The highest BCUT2D eigenvalue weighted by atomic mass is 35.5. The predicted octanol–water partition coefficient (Wildman–Crippen LogP) is 5.61. The monoisotopic (exact) mass is 566 g/mol. The second-order valence-electron chi connectivity index (χ2n) is 9.81. The summed E-state index contributed by atoms with van der Waals surface area (Å²) in [4.78, 5) is 12.7. The van der Waals surface area contributed by atoms with Crippen LogP contribution < -0.4 is 15.0 Å². The van der Waals surface area contributed by atoms with Crippen molar-refractivity contribution in [3.8, 4) is 0 Å². The first-order chi connectivity index (χ1) is 18.6. The SMILES string of the molecule is C/C(=N\NC(=O)CN(c1ccc(Cl)cc1)S(C)(=O)=O)c1ccc2c(c1)[C@@H]1C=CC[C@@H]1[C@H](c1ccc(F)cc1)N2. The first-order valence-electron chi connectivity index (χ1n) is 12.5. The molecule has 3 aromatic carbocycles. The number of hydrazone groups is 1. The fourth-order valence-electron chi connectivity index (χ4n) is 5.20. The van der Waals surface area contributed by atoms with E-state index in [1.165, 1.54) is 24.3 Å². The molecule has 7 nitrogen and oxygen atoms in total. The number of nitrogens with one attached hydrogen (secondary N) is 2. The Labute approximate surface area is 232 Å². The van der Waals surface area contributed by atoms with Crippen molar-refractivity contribution >= 4 is 44.6 Å². The van der Waals surface area contributed by atoms with Crippen molar-refractivity contribution in [1.29, 1.82) is 0 Å². The van der Waals surface area contributed by atoms with Crippen molar-refractivity contribution in [3.05, 3.63) is 106 Å². The van der Waals surface area contributed by atoms with E-state index >= 15 is 0 Å². The van der Waals surface area contributed by atoms with Gasteiger partial charge < -0.3 is 5.32 Å². The zero-order chi connectivity index (χ0) is 27.7. The molecule has 0 saturated carbocycles. The van der Waals surface area contributed by atoms with Gasteiger partial charge in [-0.15, -0.1) is 0 Å². The Morgan fingerprint density at radius 1 is 1.13 bits per heavy atom. The molecule has 2 N–H and O–H groups in total. The normalized spacial score (nSPS) is 20.1. The van der Waals surface area contributed by atoms with E-state index in [9.17, 15) is 17.6 Å². The molecule has 0 unspecified atom stereocenters. The highest BCUT2D eigenvalue weighted by Crippen LogP contribution is 2.50. The van der Waals surface area contributed by atoms with Crippen LogP contribution in [0.3, 0.4) is 0 Å². The molecule has 0 radical (unpaired) electrons. The summed E-state index contributed by atoms with van der Waals surface area (Å²) in [6, 6.07) is 18.9. The first kappa shape index (κ1) is 26.9. The molecule has 202 valence electrons. The molecular formula is C29H28ClFN4O3S. The first-order valence-corrected chi connectivity index (χ1v) is 14.7. The summed E-state index contributed by atoms with van der Waals surface area (Å²) < 4.78 is 39.1. The molecule has 1 aliphatic carbocycles. The van der Waals surface area contributed by atoms with Crippen molar-refractivity contribution in [2.24, 2.45) is 11.0 Å². The zero-order valence-electron chi connectivity index (χ0n) is 21.4. The quantitative estimate of drug-likeness (QED) is 0.221. The average molecular weight is 567 g/mol. The Balaban J connectivity index is 1.32. The Morgan fingerprint density at radius 2 is 1.85 bits per heavy atom. The summed E-state index contributed by atoms with van der Waals surface area (Å²) in [5, 5.41) is 8.34. The summed E-state index contributed by atoms with van der Waals surface area (Å²) in [5.74, 6) is -0.335. The van der Waals surface area contributed by atoms with Gasteiger partial charge in [0.05, 0.1) is 23.7 Å². The number of hydrogen-bond acceptors (Lipinski definition) is 5. The highest BCUT2D eigenvalue weighted by Gasteiger charge is 2.38. The van der Waals surface area contributed by atoms with Crippen molar-refractivity contribution in [2.45, 2.75) is 25.3 Å². The standard InChI is InChI=1S/C29H28ClFN4O3S/c1-18(33-34-28(36)17-35(39(2,37)38)23-13-9-21(30)10-14-23)20-8-15-27-26(16-20)24-4-3-5-25(24)29(32-27)19-6-11-22(31)12-7-19/h3-4,6-16,24-25,29,32H,5,17H2,1-2H3,(H,34,36)/b33-18+/t24-,25+,29+/m1/s1. The van der Waals surface area contributed by atoms with Crippen LogP contribution in [0.4, 0.5) is 15.8 Å². The molecule has 1 aliphatic heterocycles. The van der Waals surface area contributed by atoms with Gasteiger partial charge >= 0.3 is 0 Å². The number of halogens is 2. The number of rotatable bonds is 7. The Bertz CT molecular complexity index is 1560. The minimum Gasteiger partial charge on any atom is -0.378 e. The van der Waals surface area contributed by atoms with Crippen LogP contribution in [-0.2, 0) is 14.8 Å².